The summed E-state index contributed by atoms with van der Waals surface area (Å²) >= 11 is 6.64. The van der Waals surface area contributed by atoms with E-state index in [1.165, 1.54) is 37.6 Å². The van der Waals surface area contributed by atoms with Gasteiger partial charge in [0.05, 0.1) is 54.2 Å². The molecular weight excluding hydrogens is 1300 g/mol. The number of cyclic esters (lactones) is 1. The summed E-state index contributed by atoms with van der Waals surface area (Å²) in [4.78, 5) is 86.9. The van der Waals surface area contributed by atoms with Crippen molar-refractivity contribution in [2.45, 2.75) is 186 Å². The molecule has 4 N–H and O–H groups in total. The van der Waals surface area contributed by atoms with Crippen LogP contribution in [0.25, 0.3) is 22.2 Å². The molecule has 4 fully saturated rings. The van der Waals surface area contributed by atoms with Crippen molar-refractivity contribution in [2.24, 2.45) is 35.5 Å². The number of methoxy groups -OCH3 is 3. The van der Waals surface area contributed by atoms with Crippen molar-refractivity contribution in [2.75, 3.05) is 66.0 Å². The largest absolute Gasteiger partial charge is 0.487 e. The Morgan fingerprint density at radius 3 is 2.37 bits per heavy atom. The summed E-state index contributed by atoms with van der Waals surface area (Å²) in [7, 11) is 4.63. The van der Waals surface area contributed by atoms with Crippen LogP contribution in [0.1, 0.15) is 136 Å². The monoisotopic (exact) mass is 1400 g/mol. The molecule has 0 unspecified atom stereocenters. The molecule has 0 radical (unpaired) electrons. The number of aliphatic hydroxyl groups excluding tert-OH is 2. The highest BCUT2D eigenvalue weighted by molar-refractivity contribution is 6.39. The van der Waals surface area contributed by atoms with Gasteiger partial charge in [-0.2, -0.15) is 0 Å². The number of benzene rings is 3. The molecule has 1 saturated carbocycles. The Morgan fingerprint density at radius 2 is 1.63 bits per heavy atom. The summed E-state index contributed by atoms with van der Waals surface area (Å²) in [5.74, 6) is -6.38. The predicted octanol–water partition coefficient (Wildman–Crippen LogP) is 11.5. The Bertz CT molecular complexity index is 3710. The normalized spacial score (nSPS) is 29.6. The number of furan rings is 1. The van der Waals surface area contributed by atoms with Gasteiger partial charge in [0.15, 0.2) is 0 Å². The van der Waals surface area contributed by atoms with E-state index in [1.807, 2.05) is 68.1 Å². The first kappa shape index (κ1) is 75.7. The second-order valence-corrected chi connectivity index (χ2v) is 28.7. The molecule has 21 nitrogen and oxygen atoms in total. The number of anilines is 2. The van der Waals surface area contributed by atoms with Crippen LogP contribution in [0.5, 0.6) is 5.75 Å². The van der Waals surface area contributed by atoms with Crippen molar-refractivity contribution in [1.82, 2.24) is 24.7 Å². The molecule has 3 saturated heterocycles. The van der Waals surface area contributed by atoms with E-state index in [2.05, 4.69) is 33.2 Å². The fourth-order valence-corrected chi connectivity index (χ4v) is 15.5. The number of aliphatic hydroxyl groups is 3. The van der Waals surface area contributed by atoms with Crippen LogP contribution in [0.4, 0.5) is 15.9 Å². The summed E-state index contributed by atoms with van der Waals surface area (Å²) in [5, 5.41) is 39.8. The van der Waals surface area contributed by atoms with E-state index in [9.17, 15) is 43.7 Å². The second-order valence-electron chi connectivity index (χ2n) is 28.3. The van der Waals surface area contributed by atoms with Gasteiger partial charge >= 0.3 is 5.97 Å². The Balaban J connectivity index is 0.807. The van der Waals surface area contributed by atoms with Crippen molar-refractivity contribution >= 4 is 63.4 Å². The van der Waals surface area contributed by atoms with Crippen LogP contribution in [0.15, 0.2) is 107 Å². The molecule has 3 aromatic carbocycles. The van der Waals surface area contributed by atoms with Gasteiger partial charge in [-0.1, -0.05) is 74.2 Å². The fraction of sp³-hybridized carbons (Fsp3) is 0.571. The number of carbonyl (C=O) groups excluding carboxylic acids is 5. The molecule has 23 heteroatoms. The number of esters is 1. The molecule has 10 rings (SSSR count). The molecular formula is C77H100ClFN6O15. The van der Waals surface area contributed by atoms with Crippen LogP contribution < -0.4 is 10.1 Å². The van der Waals surface area contributed by atoms with Crippen LogP contribution in [0, 0.1) is 41.3 Å². The SMILES string of the molecule is CC[C@H]1C/C(C)=C/[C@@H](CCCC(=O)N2CCN(Cc3ccc(-c4ccc5ncnc(Nc6ccc(OCc7cccc(F)c7)c(Cl)c6)c5c4)o3)CC2)C(=O)C[C@H](O)[C@@H](C)[C@@H](/C(C)=C/[C@@H]2CC[C@@H](O)[C@H](OC)C2)COC(=O)[C@@H]2CCCCN2C(=O)C(=O)[C@]2(O)O[C@H]([C@@H](OC)C1)[C@@H](OC)C[C@H]2C. The van der Waals surface area contributed by atoms with Gasteiger partial charge in [-0.25, -0.2) is 19.2 Å². The highest BCUT2D eigenvalue weighted by Gasteiger charge is 2.57. The number of ether oxygens (including phenoxy) is 6. The minimum absolute atomic E-state index is 0.00494. The maximum absolute atomic E-state index is 15.0. The number of halogens is 2. The molecule has 5 aliphatic rings. The van der Waals surface area contributed by atoms with Crippen molar-refractivity contribution in [3.63, 3.8) is 0 Å². The summed E-state index contributed by atoms with van der Waals surface area (Å²) in [6.07, 6.45) is 6.77. The number of piperidine rings is 1. The number of carbonyl (C=O) groups is 5. The van der Waals surface area contributed by atoms with E-state index in [0.29, 0.717) is 131 Å². The maximum Gasteiger partial charge on any atom is 0.328 e. The van der Waals surface area contributed by atoms with Crippen LogP contribution in [0.2, 0.25) is 5.02 Å². The third-order valence-electron chi connectivity index (χ3n) is 21.4. The maximum atomic E-state index is 15.0. The minimum atomic E-state index is -2.57. The number of aromatic nitrogens is 2. The zero-order valence-corrected chi connectivity index (χ0v) is 59.7. The Kier molecular flexibility index (Phi) is 26.3. The first-order valence-electron chi connectivity index (χ1n) is 35.6. The van der Waals surface area contributed by atoms with Gasteiger partial charge in [0, 0.05) is 101 Å². The van der Waals surface area contributed by atoms with E-state index in [1.54, 1.807) is 38.3 Å². The number of piperazine rings is 1. The Hall–Kier alpha value is -6.99. The molecule has 542 valence electrons. The number of nitrogens with zero attached hydrogens (tertiary/aromatic N) is 5. The first-order chi connectivity index (χ1) is 48.1. The number of hydrogen-bond acceptors (Lipinski definition) is 19. The van der Waals surface area contributed by atoms with Gasteiger partial charge in [0.1, 0.15) is 59.8 Å². The molecule has 1 aliphatic carbocycles. The topological polar surface area (TPSA) is 262 Å². The summed E-state index contributed by atoms with van der Waals surface area (Å²) < 4.78 is 56.3. The summed E-state index contributed by atoms with van der Waals surface area (Å²) in [6, 6.07) is 20.1. The standard InChI is InChI=1S/C77H100ClFN6O15/c1-9-50-32-46(2)33-53(15-13-18-71(89)84-30-28-83(29-31-84)42-57-22-26-66(99-57)54-20-23-61-58(39-54)74(81-45-80-61)82-56-21-25-67(60(78)40-56)97-43-52-14-12-16-55(79)36-52)65(88)41-64(87)49(5)59(47(3)34-51-19-24-63(86)68(38-51)94-6)44-98-76(92)62-17-10-11-27-85(62)75(91)73(90)77(93)48(4)35-69(95-7)72(100-77)70(37-50)96-8/h12,14,16,20-23,25-26,33-34,36,39-40,45,48-51,53,59,62-64,68-70,72,86-87,93H,9-11,13,15,17-19,24,27-32,35,37-38,41-44H2,1-8H3,(H,80,81,82)/b46-33+,47-34+/t48-,49+,50+,51+,53-,59-,62+,63-,64+,68-,69+,70+,72+,77-/m1/s1. The zero-order valence-electron chi connectivity index (χ0n) is 59.0. The summed E-state index contributed by atoms with van der Waals surface area (Å²) in [5.41, 5.74) is 4.65. The molecule has 2 amide bonds. The first-order valence-corrected chi connectivity index (χ1v) is 36.0. The zero-order chi connectivity index (χ0) is 71.4. The highest BCUT2D eigenvalue weighted by Crippen LogP contribution is 2.41. The van der Waals surface area contributed by atoms with Gasteiger partial charge in [-0.05, 0) is 168 Å². The van der Waals surface area contributed by atoms with Crippen molar-refractivity contribution < 1.29 is 76.5 Å². The van der Waals surface area contributed by atoms with Crippen LogP contribution in [-0.4, -0.2) is 178 Å². The van der Waals surface area contributed by atoms with E-state index in [-0.39, 0.29) is 80.9 Å². The molecule has 2 bridgehead atoms. The lowest BCUT2D eigenvalue weighted by molar-refractivity contribution is -0.302. The average Bonchev–Trinajstić information content (AvgIpc) is 0.835. The van der Waals surface area contributed by atoms with Gasteiger partial charge in [0.2, 0.25) is 11.7 Å². The lowest BCUT2D eigenvalue weighted by Crippen LogP contribution is -2.64. The van der Waals surface area contributed by atoms with Crippen molar-refractivity contribution in [1.29, 1.82) is 0 Å². The van der Waals surface area contributed by atoms with Gasteiger partial charge in [-0.3, -0.25) is 24.1 Å². The number of fused-ring (bicyclic) bond motifs is 4. The lowest BCUT2D eigenvalue weighted by Gasteiger charge is -2.47. The smallest absolute Gasteiger partial charge is 0.328 e. The molecule has 6 heterocycles. The van der Waals surface area contributed by atoms with Crippen LogP contribution >= 0.6 is 11.6 Å². The number of amides is 2. The number of nitrogens with one attached hydrogen (secondary N) is 1. The lowest BCUT2D eigenvalue weighted by atomic mass is 9.78. The third kappa shape index (κ3) is 18.6. The molecule has 100 heavy (non-hydrogen) atoms. The molecule has 0 spiro atoms. The number of Topliss-reactive ketones (excluding diaryl/α,β-unsaturated/α-hetero) is 2. The molecule has 5 aromatic rings. The second kappa shape index (κ2) is 34.8. The molecule has 4 aliphatic heterocycles. The van der Waals surface area contributed by atoms with Gasteiger partial charge in [-0.15, -0.1) is 0 Å². The van der Waals surface area contributed by atoms with Gasteiger partial charge < -0.3 is 63.3 Å². The van der Waals surface area contributed by atoms with E-state index in [4.69, 9.17) is 44.4 Å². The Labute approximate surface area is 591 Å². The number of rotatable bonds is 18. The van der Waals surface area contributed by atoms with E-state index in [0.717, 1.165) is 33.4 Å². The van der Waals surface area contributed by atoms with Gasteiger partial charge in [0.25, 0.3) is 11.7 Å². The quantitative estimate of drug-likeness (QED) is 0.0361. The van der Waals surface area contributed by atoms with Crippen molar-refractivity contribution in [3.8, 4) is 17.1 Å². The molecule has 2 aromatic heterocycles. The number of allylic oxidation sites excluding steroid dienone is 3. The summed E-state index contributed by atoms with van der Waals surface area (Å²) in [6.45, 7) is 12.3. The fourth-order valence-electron chi connectivity index (χ4n) is 15.2. The number of hydrogen-bond donors (Lipinski definition) is 4. The number of ketones is 2. The van der Waals surface area contributed by atoms with E-state index >= 15 is 0 Å². The Morgan fingerprint density at radius 1 is 0.860 bits per heavy atom. The van der Waals surface area contributed by atoms with Crippen molar-refractivity contribution in [3.05, 3.63) is 125 Å². The van der Waals surface area contributed by atoms with Crippen LogP contribution in [0.3, 0.4) is 0 Å². The van der Waals surface area contributed by atoms with E-state index < -0.39 is 83.7 Å². The third-order valence-corrected chi connectivity index (χ3v) is 21.7. The molecule has 14 atom stereocenters. The minimum Gasteiger partial charge on any atom is -0.487 e. The highest BCUT2D eigenvalue weighted by atomic mass is 35.5. The average molecular weight is 1400 g/mol. The predicted molar refractivity (Wildman–Crippen MR) is 375 cm³/mol. The van der Waals surface area contributed by atoms with Crippen LogP contribution in [-0.2, 0) is 60.8 Å².